The Kier molecular flexibility index (Phi) is 20.9. The lowest BCUT2D eigenvalue weighted by molar-refractivity contribution is -0.136. The van der Waals surface area contributed by atoms with Gasteiger partial charge in [-0.1, -0.05) is 104 Å². The van der Waals surface area contributed by atoms with E-state index in [0.29, 0.717) is 49.7 Å². The molecule has 12 N–H and O–H groups in total. The summed E-state index contributed by atoms with van der Waals surface area (Å²) in [6, 6.07) is 24.0. The molecule has 4 aromatic carbocycles. The highest BCUT2D eigenvalue weighted by molar-refractivity contribution is 5.98. The molecule has 0 spiro atoms. The van der Waals surface area contributed by atoms with Crippen LogP contribution in [0.2, 0.25) is 0 Å². The van der Waals surface area contributed by atoms with Crippen LogP contribution in [-0.2, 0) is 59.2 Å². The number of aromatic hydroxyl groups is 1. The fraction of sp³-hybridized carbons (Fsp3) is 0.400. The van der Waals surface area contributed by atoms with E-state index in [9.17, 15) is 43.8 Å². The molecule has 5 aromatic rings. The molecule has 7 atom stereocenters. The molecule has 7 amide bonds. The summed E-state index contributed by atoms with van der Waals surface area (Å²) in [7, 11) is 0. The number of aromatic nitrogens is 1. The number of hydrogen-bond donors (Lipinski definition) is 11. The Labute approximate surface area is 425 Å². The lowest BCUT2D eigenvalue weighted by Gasteiger charge is -2.28. The Bertz CT molecular complexity index is 2610. The van der Waals surface area contributed by atoms with E-state index >= 15 is 0 Å². The van der Waals surface area contributed by atoms with E-state index in [-0.39, 0.29) is 63.3 Å². The van der Waals surface area contributed by atoms with E-state index in [1.54, 1.807) is 30.5 Å². The maximum atomic E-state index is 14.8. The van der Waals surface area contributed by atoms with Gasteiger partial charge in [-0.15, -0.1) is 0 Å². The molecule has 6 rings (SSSR count). The van der Waals surface area contributed by atoms with Crippen LogP contribution in [-0.4, -0.2) is 112 Å². The number of para-hydroxylation sites is 1. The number of H-pyrrole nitrogens is 1. The van der Waals surface area contributed by atoms with Crippen LogP contribution in [0.3, 0.4) is 0 Å². The summed E-state index contributed by atoms with van der Waals surface area (Å²) in [5.74, 6) is -4.67. The molecule has 1 saturated heterocycles. The maximum absolute atomic E-state index is 14.8. The molecule has 73 heavy (non-hydrogen) atoms. The Morgan fingerprint density at radius 2 is 1.04 bits per heavy atom. The zero-order chi connectivity index (χ0) is 52.1. The smallest absolute Gasteiger partial charge is 0.245 e. The molecule has 0 saturated carbocycles. The van der Waals surface area contributed by atoms with E-state index in [4.69, 9.17) is 5.73 Å². The van der Waals surface area contributed by atoms with Gasteiger partial charge in [-0.3, -0.25) is 33.6 Å². The van der Waals surface area contributed by atoms with Crippen molar-refractivity contribution < 1.29 is 43.8 Å². The summed E-state index contributed by atoms with van der Waals surface area (Å²) in [5.41, 5.74) is 9.35. The number of phenolic OH excluding ortho intramolecular Hbond substituents is 1. The number of nitrogens with two attached hydrogens (primary N) is 1. The Balaban J connectivity index is 1.36. The third-order valence-electron chi connectivity index (χ3n) is 12.9. The number of carbonyl (C=O) groups excluding carboxylic acids is 7. The van der Waals surface area contributed by atoms with Gasteiger partial charge in [0, 0.05) is 55.7 Å². The number of nitrogens with one attached hydrogen (secondary N) is 8. The molecule has 0 radical (unpaired) electrons. The number of aromatic amines is 1. The molecule has 0 aliphatic carbocycles. The van der Waals surface area contributed by atoms with Gasteiger partial charge in [-0.2, -0.15) is 0 Å². The summed E-state index contributed by atoms with van der Waals surface area (Å²) < 4.78 is 0. The topological polar surface area (TPSA) is 286 Å². The van der Waals surface area contributed by atoms with Crippen molar-refractivity contribution in [1.82, 2.24) is 42.2 Å². The second kappa shape index (κ2) is 27.9. The standard InChI is InChI=1S/C55H69N9O9/c1-35(65)49-55(73)63-44(30-36-16-6-4-7-17-36)50(68)57-29-15-3-2-10-23-48(67)59-45(31-37-18-8-5-9-19-37)52(70)61-46(32-38-24-26-40(66)27-25-38)53(71)62-47(33-39-34-58-42-21-12-11-20-41(39)42)54(72)60-43(51(69)64-49)22-13-14-28-56/h4-9,11-12,16-21,24-27,34-35,43-47,49,58,65-66H,2-3,10,13-15,22-23,28-33,56H2,1H3,(H,57,68)(H,59,67)(H,60,72)(H,61,70)(H,62,71)(H,63,73)(H,64,69)/t35-,43+,44+,45+,46+,47-,49+/m1/s1. The van der Waals surface area contributed by atoms with Crippen molar-refractivity contribution in [2.75, 3.05) is 13.1 Å². The van der Waals surface area contributed by atoms with Crippen molar-refractivity contribution in [3.8, 4) is 5.75 Å². The molecule has 1 aliphatic heterocycles. The van der Waals surface area contributed by atoms with Gasteiger partial charge in [0.15, 0.2) is 0 Å². The van der Waals surface area contributed by atoms with Crippen LogP contribution < -0.4 is 43.0 Å². The van der Waals surface area contributed by atoms with E-state index < -0.39 is 77.8 Å². The van der Waals surface area contributed by atoms with Gasteiger partial charge in [0.05, 0.1) is 6.10 Å². The number of benzene rings is 4. The van der Waals surface area contributed by atoms with Gasteiger partial charge in [-0.25, -0.2) is 0 Å². The highest BCUT2D eigenvalue weighted by atomic mass is 16.3. The number of carbonyl (C=O) groups is 7. The van der Waals surface area contributed by atoms with Crippen LogP contribution in [0.25, 0.3) is 10.9 Å². The summed E-state index contributed by atoms with van der Waals surface area (Å²) in [6.45, 7) is 1.88. The summed E-state index contributed by atoms with van der Waals surface area (Å²) in [6.07, 6.45) is 3.69. The first kappa shape index (κ1) is 54.8. The number of fused-ring (bicyclic) bond motifs is 1. The maximum Gasteiger partial charge on any atom is 0.245 e. The minimum absolute atomic E-state index is 0.0115. The molecule has 18 nitrogen and oxygen atoms in total. The van der Waals surface area contributed by atoms with Gasteiger partial charge < -0.3 is 58.1 Å². The third kappa shape index (κ3) is 17.0. The molecular formula is C55H69N9O9. The molecule has 1 fully saturated rings. The second-order valence-corrected chi connectivity index (χ2v) is 18.6. The quantitative estimate of drug-likeness (QED) is 0.0768. The molecule has 1 aromatic heterocycles. The highest BCUT2D eigenvalue weighted by Crippen LogP contribution is 2.20. The molecular weight excluding hydrogens is 931 g/mol. The van der Waals surface area contributed by atoms with Gasteiger partial charge >= 0.3 is 0 Å². The predicted octanol–water partition coefficient (Wildman–Crippen LogP) is 2.64. The normalized spacial score (nSPS) is 22.2. The van der Waals surface area contributed by atoms with E-state index in [1.807, 2.05) is 72.8 Å². The molecule has 388 valence electrons. The molecule has 1 aliphatic rings. The van der Waals surface area contributed by atoms with Crippen LogP contribution in [0.5, 0.6) is 5.75 Å². The van der Waals surface area contributed by atoms with Crippen molar-refractivity contribution in [1.29, 1.82) is 0 Å². The van der Waals surface area contributed by atoms with Gasteiger partial charge in [0.1, 0.15) is 42.0 Å². The van der Waals surface area contributed by atoms with E-state index in [1.165, 1.54) is 19.1 Å². The minimum atomic E-state index is -1.56. The van der Waals surface area contributed by atoms with Crippen molar-refractivity contribution in [2.45, 2.75) is 126 Å². The van der Waals surface area contributed by atoms with Crippen LogP contribution in [0.15, 0.2) is 115 Å². The fourth-order valence-electron chi connectivity index (χ4n) is 8.79. The van der Waals surface area contributed by atoms with Crippen LogP contribution in [0.1, 0.15) is 80.5 Å². The first-order valence-corrected chi connectivity index (χ1v) is 25.2. The van der Waals surface area contributed by atoms with Crippen LogP contribution in [0.4, 0.5) is 0 Å². The van der Waals surface area contributed by atoms with Crippen molar-refractivity contribution >= 4 is 52.3 Å². The number of aliphatic hydroxyl groups is 1. The lowest BCUT2D eigenvalue weighted by atomic mass is 10.00. The lowest BCUT2D eigenvalue weighted by Crippen LogP contribution is -2.61. The zero-order valence-electron chi connectivity index (χ0n) is 41.2. The van der Waals surface area contributed by atoms with Gasteiger partial charge in [0.25, 0.3) is 0 Å². The van der Waals surface area contributed by atoms with Crippen LogP contribution in [0, 0.1) is 0 Å². The molecule has 0 bridgehead atoms. The largest absolute Gasteiger partial charge is 0.508 e. The van der Waals surface area contributed by atoms with Crippen molar-refractivity contribution in [2.24, 2.45) is 5.73 Å². The number of phenols is 1. The SMILES string of the molecule is C[C@@H](O)[C@@H]1NC(=O)[C@H](CCCCN)NC(=O)[C@@H](Cc2c[nH]c3ccccc23)NC(=O)[C@H](Cc2ccc(O)cc2)NC(=O)[C@H](Cc2ccccc2)NC(=O)CCCCCCNC(=O)[C@H](Cc2ccccc2)NC1=O. The zero-order valence-corrected chi connectivity index (χ0v) is 41.2. The van der Waals surface area contributed by atoms with E-state index in [0.717, 1.165) is 22.0 Å². The molecule has 0 unspecified atom stereocenters. The van der Waals surface area contributed by atoms with Crippen LogP contribution >= 0.6 is 0 Å². The monoisotopic (exact) mass is 1000 g/mol. The Morgan fingerprint density at radius 1 is 0.534 bits per heavy atom. The summed E-state index contributed by atoms with van der Waals surface area (Å²) >= 11 is 0. The number of unbranched alkanes of at least 4 members (excludes halogenated alkanes) is 1. The van der Waals surface area contributed by atoms with E-state index in [2.05, 4.69) is 42.2 Å². The highest BCUT2D eigenvalue weighted by Gasteiger charge is 2.35. The second-order valence-electron chi connectivity index (χ2n) is 18.6. The Hall–Kier alpha value is -7.57. The third-order valence-corrected chi connectivity index (χ3v) is 12.9. The minimum Gasteiger partial charge on any atom is -0.508 e. The summed E-state index contributed by atoms with van der Waals surface area (Å²) in [5, 5.41) is 41.5. The first-order valence-electron chi connectivity index (χ1n) is 25.2. The number of hydrogen-bond acceptors (Lipinski definition) is 10. The first-order chi connectivity index (χ1) is 35.3. The number of amides is 7. The Morgan fingerprint density at radius 3 is 1.66 bits per heavy atom. The average Bonchev–Trinajstić information content (AvgIpc) is 3.79. The van der Waals surface area contributed by atoms with Crippen molar-refractivity contribution in [3.63, 3.8) is 0 Å². The van der Waals surface area contributed by atoms with Gasteiger partial charge in [0.2, 0.25) is 41.4 Å². The van der Waals surface area contributed by atoms with Crippen molar-refractivity contribution in [3.05, 3.63) is 138 Å². The number of aliphatic hydroxyl groups excluding tert-OH is 1. The summed E-state index contributed by atoms with van der Waals surface area (Å²) in [4.78, 5) is 103. The fourth-order valence-corrected chi connectivity index (χ4v) is 8.79. The average molecular weight is 1000 g/mol. The molecule has 18 heteroatoms. The number of rotatable bonds is 13. The predicted molar refractivity (Wildman–Crippen MR) is 276 cm³/mol. The molecule has 2 heterocycles. The van der Waals surface area contributed by atoms with Gasteiger partial charge in [-0.05, 0) is 86.0 Å².